The number of aryl methyl sites for hydroxylation is 1. The first-order valence-electron chi connectivity index (χ1n) is 11.7. The average molecular weight is 453 g/mol. The molecule has 2 aromatic rings. The molecule has 2 N–H and O–H groups in total. The lowest BCUT2D eigenvalue weighted by molar-refractivity contribution is -0.0424. The Morgan fingerprint density at radius 1 is 1.24 bits per heavy atom. The van der Waals surface area contributed by atoms with Crippen molar-refractivity contribution in [1.29, 1.82) is 0 Å². The van der Waals surface area contributed by atoms with Crippen LogP contribution in [0.15, 0.2) is 35.7 Å². The fourth-order valence-electron chi connectivity index (χ4n) is 4.70. The van der Waals surface area contributed by atoms with Crippen molar-refractivity contribution in [2.24, 2.45) is 0 Å². The minimum Gasteiger partial charge on any atom is -0.493 e. The third-order valence-electron chi connectivity index (χ3n) is 6.38. The zero-order valence-corrected chi connectivity index (χ0v) is 19.7. The van der Waals surface area contributed by atoms with Gasteiger partial charge in [0.05, 0.1) is 6.61 Å². The second-order valence-electron chi connectivity index (χ2n) is 9.96. The van der Waals surface area contributed by atoms with Crippen LogP contribution >= 0.6 is 0 Å². The van der Waals surface area contributed by atoms with Gasteiger partial charge in [-0.05, 0) is 69.9 Å². The molecule has 2 aliphatic carbocycles. The van der Waals surface area contributed by atoms with Crippen molar-refractivity contribution >= 4 is 22.9 Å². The minimum absolute atomic E-state index is 0.0216. The number of H-pyrrole nitrogens is 1. The van der Waals surface area contributed by atoms with E-state index in [0.717, 1.165) is 54.0 Å². The molecular weight excluding hydrogens is 420 g/mol. The van der Waals surface area contributed by atoms with Gasteiger partial charge in [0.1, 0.15) is 35.5 Å². The fourth-order valence-corrected chi connectivity index (χ4v) is 4.70. The number of ether oxygens (including phenoxy) is 3. The van der Waals surface area contributed by atoms with Gasteiger partial charge in [-0.3, -0.25) is 0 Å². The normalized spacial score (nSPS) is 22.4. The van der Waals surface area contributed by atoms with E-state index >= 15 is 0 Å². The lowest BCUT2D eigenvalue weighted by atomic mass is 9.91. The SMILES string of the molecule is CN(C(=O)OC(C)(C)C)C1CCc2[nH]c3nc(NC4=CC=C5OCCOC5C4)ccc3c2C1. The van der Waals surface area contributed by atoms with Crippen LogP contribution in [0.25, 0.3) is 11.0 Å². The maximum atomic E-state index is 12.5. The predicted molar refractivity (Wildman–Crippen MR) is 126 cm³/mol. The van der Waals surface area contributed by atoms with Crippen LogP contribution in [0.3, 0.4) is 0 Å². The minimum atomic E-state index is -0.499. The van der Waals surface area contributed by atoms with Gasteiger partial charge in [0.15, 0.2) is 0 Å². The van der Waals surface area contributed by atoms with E-state index in [-0.39, 0.29) is 18.2 Å². The summed E-state index contributed by atoms with van der Waals surface area (Å²) in [4.78, 5) is 22.6. The number of aromatic amines is 1. The number of amides is 1. The molecule has 2 aromatic heterocycles. The van der Waals surface area contributed by atoms with Gasteiger partial charge in [-0.15, -0.1) is 0 Å². The number of aromatic nitrogens is 2. The molecule has 0 radical (unpaired) electrons. The Balaban J connectivity index is 1.31. The Hall–Kier alpha value is -3.00. The van der Waals surface area contributed by atoms with E-state index in [2.05, 4.69) is 16.4 Å². The molecule has 5 rings (SSSR count). The van der Waals surface area contributed by atoms with Crippen molar-refractivity contribution in [2.75, 3.05) is 25.6 Å². The van der Waals surface area contributed by atoms with Crippen LogP contribution < -0.4 is 5.32 Å². The van der Waals surface area contributed by atoms with Crippen molar-refractivity contribution in [3.05, 3.63) is 47.0 Å². The maximum absolute atomic E-state index is 12.5. The summed E-state index contributed by atoms with van der Waals surface area (Å²) in [6.45, 7) is 6.91. The molecular formula is C25H32N4O4. The number of likely N-dealkylation sites (N-methyl/N-ethyl adjacent to an activating group) is 1. The van der Waals surface area contributed by atoms with Crippen molar-refractivity contribution in [3.8, 4) is 0 Å². The lowest BCUT2D eigenvalue weighted by Crippen LogP contribution is -2.43. The number of anilines is 1. The van der Waals surface area contributed by atoms with Gasteiger partial charge in [-0.2, -0.15) is 0 Å². The van der Waals surface area contributed by atoms with Gasteiger partial charge in [0, 0.05) is 36.3 Å². The molecule has 176 valence electrons. The monoisotopic (exact) mass is 452 g/mol. The number of nitrogens with zero attached hydrogens (tertiary/aromatic N) is 2. The number of nitrogens with one attached hydrogen (secondary N) is 2. The number of hydrogen-bond acceptors (Lipinski definition) is 6. The molecule has 2 unspecified atom stereocenters. The van der Waals surface area contributed by atoms with Gasteiger partial charge in [0.25, 0.3) is 0 Å². The molecule has 2 atom stereocenters. The van der Waals surface area contributed by atoms with E-state index in [0.29, 0.717) is 13.2 Å². The zero-order valence-electron chi connectivity index (χ0n) is 19.7. The molecule has 1 amide bonds. The van der Waals surface area contributed by atoms with Crippen LogP contribution in [-0.2, 0) is 27.1 Å². The second-order valence-corrected chi connectivity index (χ2v) is 9.96. The van der Waals surface area contributed by atoms with Crippen molar-refractivity contribution < 1.29 is 19.0 Å². The van der Waals surface area contributed by atoms with Crippen LogP contribution in [0.4, 0.5) is 10.6 Å². The molecule has 33 heavy (non-hydrogen) atoms. The summed E-state index contributed by atoms with van der Waals surface area (Å²) in [5, 5.41) is 4.54. The van der Waals surface area contributed by atoms with E-state index in [9.17, 15) is 4.79 Å². The molecule has 3 aliphatic rings. The van der Waals surface area contributed by atoms with Crippen molar-refractivity contribution in [1.82, 2.24) is 14.9 Å². The number of pyridine rings is 1. The summed E-state index contributed by atoms with van der Waals surface area (Å²) >= 11 is 0. The Labute approximate surface area is 194 Å². The Morgan fingerprint density at radius 3 is 2.91 bits per heavy atom. The Morgan fingerprint density at radius 2 is 2.09 bits per heavy atom. The van der Waals surface area contributed by atoms with Crippen LogP contribution in [0.1, 0.15) is 44.9 Å². The zero-order chi connectivity index (χ0) is 23.2. The molecule has 8 heteroatoms. The largest absolute Gasteiger partial charge is 0.493 e. The number of allylic oxidation sites excluding steroid dienone is 2. The second kappa shape index (κ2) is 8.41. The van der Waals surface area contributed by atoms with Crippen molar-refractivity contribution in [3.63, 3.8) is 0 Å². The van der Waals surface area contributed by atoms with Crippen LogP contribution in [-0.4, -0.2) is 59.0 Å². The molecule has 0 aromatic carbocycles. The maximum Gasteiger partial charge on any atom is 0.410 e. The molecule has 3 heterocycles. The van der Waals surface area contributed by atoms with E-state index < -0.39 is 5.60 Å². The predicted octanol–water partition coefficient (Wildman–Crippen LogP) is 4.29. The fraction of sp³-hybridized carbons (Fsp3) is 0.520. The standard InChI is InChI=1S/C25H32N4O4/c1-25(2,3)33-24(30)29(4)16-6-8-19-18(14-16)17-7-10-22(28-23(17)27-19)26-15-5-9-20-21(13-15)32-12-11-31-20/h5,7,9-10,16,21H,6,8,11-14H2,1-4H3,(H2,26,27,28). The Bertz CT molecular complexity index is 1130. The van der Waals surface area contributed by atoms with Crippen LogP contribution in [0, 0.1) is 0 Å². The number of fused-ring (bicyclic) bond motifs is 4. The molecule has 1 fully saturated rings. The highest BCUT2D eigenvalue weighted by Gasteiger charge is 2.30. The van der Waals surface area contributed by atoms with Crippen LogP contribution in [0.5, 0.6) is 0 Å². The van der Waals surface area contributed by atoms with Crippen LogP contribution in [0.2, 0.25) is 0 Å². The first-order chi connectivity index (χ1) is 15.8. The van der Waals surface area contributed by atoms with Gasteiger partial charge in [-0.1, -0.05) is 0 Å². The van der Waals surface area contributed by atoms with E-state index in [1.165, 1.54) is 11.3 Å². The summed E-state index contributed by atoms with van der Waals surface area (Å²) in [5.41, 5.74) is 3.88. The molecule has 1 aliphatic heterocycles. The summed E-state index contributed by atoms with van der Waals surface area (Å²) in [6.07, 6.45) is 7.02. The number of hydrogen-bond donors (Lipinski definition) is 2. The summed E-state index contributed by atoms with van der Waals surface area (Å²) in [7, 11) is 1.83. The van der Waals surface area contributed by atoms with Gasteiger partial charge >= 0.3 is 6.09 Å². The van der Waals surface area contributed by atoms with E-state index in [1.807, 2.05) is 46.0 Å². The van der Waals surface area contributed by atoms with Gasteiger partial charge in [-0.25, -0.2) is 9.78 Å². The first kappa shape index (κ1) is 21.8. The highest BCUT2D eigenvalue weighted by molar-refractivity contribution is 5.83. The molecule has 0 spiro atoms. The third kappa shape index (κ3) is 4.57. The quantitative estimate of drug-likeness (QED) is 0.722. The number of carbonyl (C=O) groups excluding carboxylic acids is 1. The highest BCUT2D eigenvalue weighted by atomic mass is 16.6. The van der Waals surface area contributed by atoms with E-state index in [1.54, 1.807) is 4.90 Å². The Kier molecular flexibility index (Phi) is 5.56. The first-order valence-corrected chi connectivity index (χ1v) is 11.7. The number of rotatable bonds is 3. The average Bonchev–Trinajstić information content (AvgIpc) is 3.14. The molecule has 1 saturated heterocycles. The highest BCUT2D eigenvalue weighted by Crippen LogP contribution is 2.32. The number of carbonyl (C=O) groups is 1. The summed E-state index contributed by atoms with van der Waals surface area (Å²) in [5.74, 6) is 1.70. The smallest absolute Gasteiger partial charge is 0.410 e. The summed E-state index contributed by atoms with van der Waals surface area (Å²) < 4.78 is 17.0. The molecule has 0 saturated carbocycles. The van der Waals surface area contributed by atoms with Crippen molar-refractivity contribution in [2.45, 2.75) is 64.2 Å². The molecule has 8 nitrogen and oxygen atoms in total. The topological polar surface area (TPSA) is 88.7 Å². The summed E-state index contributed by atoms with van der Waals surface area (Å²) in [6, 6.07) is 4.23. The van der Waals surface area contributed by atoms with E-state index in [4.69, 9.17) is 19.2 Å². The third-order valence-corrected chi connectivity index (χ3v) is 6.38. The van der Waals surface area contributed by atoms with Gasteiger partial charge < -0.3 is 29.4 Å². The lowest BCUT2D eigenvalue weighted by Gasteiger charge is -2.33. The molecule has 0 bridgehead atoms. The van der Waals surface area contributed by atoms with Gasteiger partial charge in [0.2, 0.25) is 0 Å².